The van der Waals surface area contributed by atoms with Crippen molar-refractivity contribution in [3.8, 4) is 0 Å². The fourth-order valence-corrected chi connectivity index (χ4v) is 1.77. The summed E-state index contributed by atoms with van der Waals surface area (Å²) in [6, 6.07) is -0.497. The summed E-state index contributed by atoms with van der Waals surface area (Å²) in [5.41, 5.74) is 0. The number of carboxylic acid groups (broad SMARTS) is 1. The lowest BCUT2D eigenvalue weighted by Gasteiger charge is -2.29. The zero-order chi connectivity index (χ0) is 11.7. The van der Waals surface area contributed by atoms with Crippen molar-refractivity contribution in [2.24, 2.45) is 5.92 Å². The van der Waals surface area contributed by atoms with Gasteiger partial charge in [0.2, 0.25) is 5.91 Å². The molecule has 6 heteroatoms. The van der Waals surface area contributed by atoms with Gasteiger partial charge in [-0.1, -0.05) is 0 Å². The maximum Gasteiger partial charge on any atom is 0.407 e. The second-order valence-electron chi connectivity index (χ2n) is 4.29. The first kappa shape index (κ1) is 10.9. The smallest absolute Gasteiger partial charge is 0.407 e. The van der Waals surface area contributed by atoms with Crippen LogP contribution >= 0.6 is 0 Å². The predicted molar refractivity (Wildman–Crippen MR) is 53.9 cm³/mol. The van der Waals surface area contributed by atoms with Crippen molar-refractivity contribution in [1.82, 2.24) is 10.2 Å². The van der Waals surface area contributed by atoms with Gasteiger partial charge < -0.3 is 15.3 Å². The zero-order valence-electron chi connectivity index (χ0n) is 8.81. The topological polar surface area (TPSA) is 86.7 Å². The molecule has 0 aromatic carbocycles. The Morgan fingerprint density at radius 3 is 2.50 bits per heavy atom. The van der Waals surface area contributed by atoms with Crippen LogP contribution in [0.4, 0.5) is 4.79 Å². The van der Waals surface area contributed by atoms with Crippen LogP contribution in [0, 0.1) is 5.92 Å². The average Bonchev–Trinajstić information content (AvgIpc) is 3.03. The molecule has 2 amide bonds. The van der Waals surface area contributed by atoms with Crippen molar-refractivity contribution < 1.29 is 19.5 Å². The third kappa shape index (κ3) is 2.32. The fourth-order valence-electron chi connectivity index (χ4n) is 1.77. The molecule has 2 rings (SSSR count). The van der Waals surface area contributed by atoms with E-state index in [1.54, 1.807) is 0 Å². The third-order valence-corrected chi connectivity index (χ3v) is 2.96. The number of Topliss-reactive ketones (excluding diaryl/α,β-unsaturated/α-hetero) is 1. The van der Waals surface area contributed by atoms with Crippen LogP contribution < -0.4 is 5.32 Å². The number of piperidine rings is 1. The summed E-state index contributed by atoms with van der Waals surface area (Å²) in [4.78, 5) is 34.7. The molecular formula is C10H14N2O4. The largest absolute Gasteiger partial charge is 0.465 e. The molecule has 0 spiro atoms. The van der Waals surface area contributed by atoms with E-state index in [2.05, 4.69) is 5.32 Å². The third-order valence-electron chi connectivity index (χ3n) is 2.96. The number of carbonyl (C=O) groups is 3. The van der Waals surface area contributed by atoms with Gasteiger partial charge in [-0.15, -0.1) is 0 Å². The summed E-state index contributed by atoms with van der Waals surface area (Å²) in [6.45, 7) is 0.182. The van der Waals surface area contributed by atoms with Gasteiger partial charge in [-0.3, -0.25) is 9.59 Å². The summed E-state index contributed by atoms with van der Waals surface area (Å²) in [7, 11) is 0. The minimum atomic E-state index is -1.08. The first-order valence-corrected chi connectivity index (χ1v) is 5.39. The molecule has 1 heterocycles. The van der Waals surface area contributed by atoms with Crippen molar-refractivity contribution >= 4 is 17.8 Å². The van der Waals surface area contributed by atoms with Gasteiger partial charge in [-0.05, 0) is 19.3 Å². The number of amides is 2. The van der Waals surface area contributed by atoms with Crippen LogP contribution in [0.5, 0.6) is 0 Å². The lowest BCUT2D eigenvalue weighted by Crippen LogP contribution is -2.53. The Balaban J connectivity index is 1.86. The van der Waals surface area contributed by atoms with Crippen LogP contribution in [0.1, 0.15) is 19.3 Å². The maximum absolute atomic E-state index is 11.6. The van der Waals surface area contributed by atoms with E-state index < -0.39 is 12.1 Å². The lowest BCUT2D eigenvalue weighted by atomic mass is 10.0. The van der Waals surface area contributed by atoms with E-state index in [9.17, 15) is 14.4 Å². The van der Waals surface area contributed by atoms with E-state index in [-0.39, 0.29) is 24.2 Å². The Morgan fingerprint density at radius 2 is 2.00 bits per heavy atom. The highest BCUT2D eigenvalue weighted by Crippen LogP contribution is 2.29. The Hall–Kier alpha value is -1.59. The molecule has 1 saturated heterocycles. The number of ketones is 1. The van der Waals surface area contributed by atoms with E-state index in [1.807, 2.05) is 0 Å². The van der Waals surface area contributed by atoms with Crippen molar-refractivity contribution in [2.45, 2.75) is 25.3 Å². The van der Waals surface area contributed by atoms with Gasteiger partial charge in [-0.25, -0.2) is 4.79 Å². The van der Waals surface area contributed by atoms with Crippen molar-refractivity contribution in [2.75, 3.05) is 13.1 Å². The molecule has 6 nitrogen and oxygen atoms in total. The summed E-state index contributed by atoms with van der Waals surface area (Å²) < 4.78 is 0. The molecule has 16 heavy (non-hydrogen) atoms. The Kier molecular flexibility index (Phi) is 2.80. The van der Waals surface area contributed by atoms with Gasteiger partial charge in [-0.2, -0.15) is 0 Å². The SMILES string of the molecule is O=C(NC1CCN(C(=O)O)CC1=O)C1CC1. The average molecular weight is 226 g/mol. The van der Waals surface area contributed by atoms with Gasteiger partial charge in [0.25, 0.3) is 0 Å². The fraction of sp³-hybridized carbons (Fsp3) is 0.700. The number of likely N-dealkylation sites (tertiary alicyclic amines) is 1. The molecule has 2 aliphatic rings. The van der Waals surface area contributed by atoms with Crippen LogP contribution in [0.2, 0.25) is 0 Å². The molecule has 1 aliphatic carbocycles. The molecule has 2 fully saturated rings. The number of nitrogens with zero attached hydrogens (tertiary/aromatic N) is 1. The first-order valence-electron chi connectivity index (χ1n) is 5.39. The summed E-state index contributed by atoms with van der Waals surface area (Å²) in [5, 5.41) is 11.4. The van der Waals surface area contributed by atoms with E-state index in [0.717, 1.165) is 17.7 Å². The highest BCUT2D eigenvalue weighted by Gasteiger charge is 2.35. The normalized spacial score (nSPS) is 25.4. The molecule has 0 radical (unpaired) electrons. The van der Waals surface area contributed by atoms with E-state index in [4.69, 9.17) is 5.11 Å². The van der Waals surface area contributed by atoms with Crippen molar-refractivity contribution in [1.29, 1.82) is 0 Å². The number of hydrogen-bond acceptors (Lipinski definition) is 3. The molecule has 0 aromatic heterocycles. The Labute approximate surface area is 92.6 Å². The summed E-state index contributed by atoms with van der Waals surface area (Å²) >= 11 is 0. The molecule has 1 saturated carbocycles. The quantitative estimate of drug-likeness (QED) is 0.684. The second-order valence-corrected chi connectivity index (χ2v) is 4.29. The van der Waals surface area contributed by atoms with Crippen LogP contribution in [0.25, 0.3) is 0 Å². The number of nitrogens with one attached hydrogen (secondary N) is 1. The van der Waals surface area contributed by atoms with E-state index in [1.165, 1.54) is 0 Å². The lowest BCUT2D eigenvalue weighted by molar-refractivity contribution is -0.130. The Bertz CT molecular complexity index is 338. The minimum Gasteiger partial charge on any atom is -0.465 e. The van der Waals surface area contributed by atoms with Gasteiger partial charge in [0, 0.05) is 12.5 Å². The molecule has 0 bridgehead atoms. The Morgan fingerprint density at radius 1 is 1.31 bits per heavy atom. The van der Waals surface area contributed by atoms with Crippen molar-refractivity contribution in [3.05, 3.63) is 0 Å². The zero-order valence-corrected chi connectivity index (χ0v) is 8.81. The van der Waals surface area contributed by atoms with Crippen LogP contribution in [0.15, 0.2) is 0 Å². The molecule has 2 N–H and O–H groups in total. The highest BCUT2D eigenvalue weighted by molar-refractivity contribution is 5.93. The molecule has 88 valence electrons. The van der Waals surface area contributed by atoms with Crippen LogP contribution in [-0.2, 0) is 9.59 Å². The van der Waals surface area contributed by atoms with Gasteiger partial charge in [0.1, 0.15) is 0 Å². The molecule has 1 aliphatic heterocycles. The maximum atomic E-state index is 11.6. The van der Waals surface area contributed by atoms with E-state index in [0.29, 0.717) is 13.0 Å². The predicted octanol–water partition coefficient (Wildman–Crippen LogP) is -0.166. The first-order chi connectivity index (χ1) is 7.58. The summed E-state index contributed by atoms with van der Waals surface area (Å²) in [5.74, 6) is -0.213. The van der Waals surface area contributed by atoms with Gasteiger partial charge >= 0.3 is 6.09 Å². The van der Waals surface area contributed by atoms with E-state index >= 15 is 0 Å². The molecule has 1 atom stereocenters. The molecular weight excluding hydrogens is 212 g/mol. The number of carbonyl (C=O) groups excluding carboxylic acids is 2. The standard InChI is InChI=1S/C10H14N2O4/c13-8-5-12(10(15)16)4-3-7(8)11-9(14)6-1-2-6/h6-7H,1-5H2,(H,11,14)(H,15,16). The number of hydrogen-bond donors (Lipinski definition) is 2. The molecule has 1 unspecified atom stereocenters. The monoisotopic (exact) mass is 226 g/mol. The highest BCUT2D eigenvalue weighted by atomic mass is 16.4. The van der Waals surface area contributed by atoms with Crippen LogP contribution in [-0.4, -0.2) is 46.9 Å². The number of rotatable bonds is 2. The minimum absolute atomic E-state index is 0.0675. The van der Waals surface area contributed by atoms with Gasteiger partial charge in [0.15, 0.2) is 5.78 Å². The van der Waals surface area contributed by atoms with Gasteiger partial charge in [0.05, 0.1) is 12.6 Å². The van der Waals surface area contributed by atoms with Crippen molar-refractivity contribution in [3.63, 3.8) is 0 Å². The molecule has 0 aromatic rings. The van der Waals surface area contributed by atoms with Crippen LogP contribution in [0.3, 0.4) is 0 Å². The summed E-state index contributed by atoms with van der Waals surface area (Å²) in [6.07, 6.45) is 1.09. The second kappa shape index (κ2) is 4.11.